The number of nitrogens with one attached hydrogen (secondary N) is 1. The number of ketones is 1. The van der Waals surface area contributed by atoms with Gasteiger partial charge in [-0.15, -0.1) is 0 Å². The Morgan fingerprint density at radius 1 is 1.39 bits per heavy atom. The highest BCUT2D eigenvalue weighted by molar-refractivity contribution is 6.11. The van der Waals surface area contributed by atoms with Crippen LogP contribution >= 0.6 is 0 Å². The summed E-state index contributed by atoms with van der Waals surface area (Å²) in [6.07, 6.45) is 3.39. The minimum Gasteiger partial charge on any atom is -0.323 e. The highest BCUT2D eigenvalue weighted by Gasteiger charge is 2.55. The van der Waals surface area contributed by atoms with Crippen molar-refractivity contribution >= 4 is 17.7 Å². The van der Waals surface area contributed by atoms with Gasteiger partial charge in [-0.1, -0.05) is 31.9 Å². The van der Waals surface area contributed by atoms with Crippen LogP contribution in [0.1, 0.15) is 43.0 Å². The summed E-state index contributed by atoms with van der Waals surface area (Å²) in [4.78, 5) is 38.2. The molecule has 1 aromatic carbocycles. The first kappa shape index (κ1) is 15.6. The van der Waals surface area contributed by atoms with Crippen LogP contribution in [-0.2, 0) is 4.79 Å². The summed E-state index contributed by atoms with van der Waals surface area (Å²) >= 11 is 0. The van der Waals surface area contributed by atoms with Gasteiger partial charge >= 0.3 is 6.03 Å². The molecule has 1 saturated heterocycles. The number of amides is 3. The second-order valence-electron chi connectivity index (χ2n) is 6.37. The fourth-order valence-corrected chi connectivity index (χ4v) is 3.54. The first-order chi connectivity index (χ1) is 10.9. The Morgan fingerprint density at radius 3 is 2.87 bits per heavy atom. The van der Waals surface area contributed by atoms with Crippen molar-refractivity contribution in [2.24, 2.45) is 5.92 Å². The van der Waals surface area contributed by atoms with Crippen LogP contribution < -0.4 is 5.32 Å². The molecule has 5 nitrogen and oxygen atoms in total. The molecule has 2 aliphatic rings. The molecular formula is C17H19FN2O3. The van der Waals surface area contributed by atoms with Crippen molar-refractivity contribution in [2.45, 2.75) is 38.1 Å². The van der Waals surface area contributed by atoms with Crippen LogP contribution in [0.25, 0.3) is 0 Å². The number of carbonyl (C=O) groups is 3. The Hall–Kier alpha value is -2.24. The second kappa shape index (κ2) is 5.76. The molecular weight excluding hydrogens is 299 g/mol. The lowest BCUT2D eigenvalue weighted by molar-refractivity contribution is -0.133. The summed E-state index contributed by atoms with van der Waals surface area (Å²) in [6.45, 7) is 1.60. The van der Waals surface area contributed by atoms with Crippen molar-refractivity contribution < 1.29 is 18.8 Å². The summed E-state index contributed by atoms with van der Waals surface area (Å²) < 4.78 is 13.2. The van der Waals surface area contributed by atoms with Gasteiger partial charge in [0.2, 0.25) is 0 Å². The van der Waals surface area contributed by atoms with Crippen molar-refractivity contribution in [3.63, 3.8) is 0 Å². The Labute approximate surface area is 133 Å². The highest BCUT2D eigenvalue weighted by atomic mass is 19.1. The largest absolute Gasteiger partial charge is 0.325 e. The van der Waals surface area contributed by atoms with Gasteiger partial charge in [0.15, 0.2) is 5.78 Å². The van der Waals surface area contributed by atoms with E-state index in [0.717, 1.165) is 30.2 Å². The molecule has 2 fully saturated rings. The summed E-state index contributed by atoms with van der Waals surface area (Å²) in [5, 5.41) is 2.80. The lowest BCUT2D eigenvalue weighted by Gasteiger charge is -2.36. The number of halogens is 1. The fraction of sp³-hybridized carbons (Fsp3) is 0.471. The van der Waals surface area contributed by atoms with E-state index in [-0.39, 0.29) is 23.9 Å². The minimum absolute atomic E-state index is 0.0435. The smallest absolute Gasteiger partial charge is 0.323 e. The summed E-state index contributed by atoms with van der Waals surface area (Å²) in [7, 11) is 0. The van der Waals surface area contributed by atoms with Gasteiger partial charge in [-0.25, -0.2) is 9.18 Å². The number of benzene rings is 1. The van der Waals surface area contributed by atoms with E-state index >= 15 is 0 Å². The van der Waals surface area contributed by atoms with Gasteiger partial charge in [0.1, 0.15) is 11.4 Å². The SMILES string of the molecule is C[C@@H]1CCCC[C@@]12NC(=O)N(CC(=O)c1cccc(F)c1)C2=O. The molecule has 1 N–H and O–H groups in total. The van der Waals surface area contributed by atoms with Gasteiger partial charge in [-0.3, -0.25) is 14.5 Å². The molecule has 0 aromatic heterocycles. The third kappa shape index (κ3) is 2.62. The van der Waals surface area contributed by atoms with Gasteiger partial charge < -0.3 is 5.32 Å². The Morgan fingerprint density at radius 2 is 2.17 bits per heavy atom. The first-order valence-corrected chi connectivity index (χ1v) is 7.87. The van der Waals surface area contributed by atoms with Crippen molar-refractivity contribution in [2.75, 3.05) is 6.54 Å². The molecule has 0 radical (unpaired) electrons. The van der Waals surface area contributed by atoms with E-state index in [1.54, 1.807) is 0 Å². The molecule has 6 heteroatoms. The van der Waals surface area contributed by atoms with Gasteiger partial charge in [-0.2, -0.15) is 0 Å². The fourth-order valence-electron chi connectivity index (χ4n) is 3.54. The molecule has 1 heterocycles. The molecule has 1 saturated carbocycles. The second-order valence-corrected chi connectivity index (χ2v) is 6.37. The van der Waals surface area contributed by atoms with Crippen LogP contribution in [0.5, 0.6) is 0 Å². The van der Waals surface area contributed by atoms with Crippen LogP contribution in [0.2, 0.25) is 0 Å². The third-order valence-electron chi connectivity index (χ3n) is 4.95. The monoisotopic (exact) mass is 318 g/mol. The zero-order valence-corrected chi connectivity index (χ0v) is 13.0. The highest BCUT2D eigenvalue weighted by Crippen LogP contribution is 2.38. The van der Waals surface area contributed by atoms with E-state index < -0.39 is 23.2 Å². The van der Waals surface area contributed by atoms with Gasteiger partial charge in [-0.05, 0) is 30.9 Å². The summed E-state index contributed by atoms with van der Waals surface area (Å²) in [5.41, 5.74) is -0.722. The molecule has 2 atom stereocenters. The van der Waals surface area contributed by atoms with E-state index in [2.05, 4.69) is 5.32 Å². The molecule has 0 unspecified atom stereocenters. The predicted molar refractivity (Wildman–Crippen MR) is 81.3 cm³/mol. The number of rotatable bonds is 3. The average Bonchev–Trinajstić information content (AvgIpc) is 2.75. The maximum absolute atomic E-state index is 13.2. The molecule has 0 bridgehead atoms. The molecule has 1 aromatic rings. The van der Waals surface area contributed by atoms with Crippen LogP contribution in [0.3, 0.4) is 0 Å². The zero-order chi connectivity index (χ0) is 16.6. The van der Waals surface area contributed by atoms with Gasteiger partial charge in [0.05, 0.1) is 6.54 Å². The predicted octanol–water partition coefficient (Wildman–Crippen LogP) is 2.51. The van der Waals surface area contributed by atoms with Crippen molar-refractivity contribution in [3.8, 4) is 0 Å². The molecule has 3 rings (SSSR count). The topological polar surface area (TPSA) is 66.5 Å². The van der Waals surface area contributed by atoms with Crippen LogP contribution in [0, 0.1) is 11.7 Å². The number of imide groups is 1. The number of nitrogens with zero attached hydrogens (tertiary/aromatic N) is 1. The summed E-state index contributed by atoms with van der Waals surface area (Å²) in [6, 6.07) is 4.72. The van der Waals surface area contributed by atoms with E-state index in [1.165, 1.54) is 18.2 Å². The average molecular weight is 318 g/mol. The Balaban J connectivity index is 1.79. The Kier molecular flexibility index (Phi) is 3.92. The lowest BCUT2D eigenvalue weighted by atomic mass is 9.73. The van der Waals surface area contributed by atoms with E-state index in [9.17, 15) is 18.8 Å². The van der Waals surface area contributed by atoms with Crippen LogP contribution in [-0.4, -0.2) is 34.7 Å². The molecule has 1 spiro atoms. The van der Waals surface area contributed by atoms with E-state index in [4.69, 9.17) is 0 Å². The van der Waals surface area contributed by atoms with Crippen molar-refractivity contribution in [1.29, 1.82) is 0 Å². The number of carbonyl (C=O) groups excluding carboxylic acids is 3. The van der Waals surface area contributed by atoms with Gasteiger partial charge in [0, 0.05) is 5.56 Å². The zero-order valence-electron chi connectivity index (χ0n) is 13.0. The quantitative estimate of drug-likeness (QED) is 0.688. The molecule has 3 amide bonds. The molecule has 1 aliphatic heterocycles. The third-order valence-corrected chi connectivity index (χ3v) is 4.95. The number of hydrogen-bond acceptors (Lipinski definition) is 3. The van der Waals surface area contributed by atoms with Crippen molar-refractivity contribution in [3.05, 3.63) is 35.6 Å². The van der Waals surface area contributed by atoms with E-state index in [0.29, 0.717) is 6.42 Å². The molecule has 1 aliphatic carbocycles. The first-order valence-electron chi connectivity index (χ1n) is 7.87. The number of urea groups is 1. The normalized spacial score (nSPS) is 27.4. The standard InChI is InChI=1S/C17H19FN2O3/c1-11-5-2-3-8-17(11)15(22)20(16(23)19-17)10-14(21)12-6-4-7-13(18)9-12/h4,6-7,9,11H,2-3,5,8,10H2,1H3,(H,19,23)/t11-,17-/m1/s1. The summed E-state index contributed by atoms with van der Waals surface area (Å²) in [5.74, 6) is -1.26. The molecule has 23 heavy (non-hydrogen) atoms. The number of hydrogen-bond donors (Lipinski definition) is 1. The van der Waals surface area contributed by atoms with Gasteiger partial charge in [0.25, 0.3) is 5.91 Å². The number of Topliss-reactive ketones (excluding diaryl/α,β-unsaturated/α-hetero) is 1. The van der Waals surface area contributed by atoms with Crippen molar-refractivity contribution in [1.82, 2.24) is 10.2 Å². The maximum Gasteiger partial charge on any atom is 0.325 e. The molecule has 122 valence electrons. The lowest BCUT2D eigenvalue weighted by Crippen LogP contribution is -2.54. The van der Waals surface area contributed by atoms with E-state index in [1.807, 2.05) is 6.92 Å². The van der Waals surface area contributed by atoms with Crippen LogP contribution in [0.15, 0.2) is 24.3 Å². The maximum atomic E-state index is 13.2. The minimum atomic E-state index is -0.877. The van der Waals surface area contributed by atoms with Crippen LogP contribution in [0.4, 0.5) is 9.18 Å². The Bertz CT molecular complexity index is 676.